The monoisotopic (exact) mass is 318 g/mol. The Labute approximate surface area is 121 Å². The molecule has 1 aliphatic rings. The highest BCUT2D eigenvalue weighted by Crippen LogP contribution is 2.16. The molecule has 0 radical (unpaired) electrons. The van der Waals surface area contributed by atoms with Gasteiger partial charge in [-0.15, -0.1) is 0 Å². The van der Waals surface area contributed by atoms with Gasteiger partial charge in [-0.05, 0) is 25.0 Å². The van der Waals surface area contributed by atoms with Crippen LogP contribution in [-0.2, 0) is 9.84 Å². The fourth-order valence-electron chi connectivity index (χ4n) is 2.11. The molecule has 110 valence electrons. The summed E-state index contributed by atoms with van der Waals surface area (Å²) in [5.74, 6) is 5.25. The van der Waals surface area contributed by atoms with Gasteiger partial charge in [-0.2, -0.15) is 0 Å². The number of nitrogen functional groups attached to an aromatic ring is 1. The van der Waals surface area contributed by atoms with E-state index in [9.17, 15) is 13.2 Å². The minimum Gasteiger partial charge on any atom is -0.348 e. The summed E-state index contributed by atoms with van der Waals surface area (Å²) in [6.45, 7) is 0. The van der Waals surface area contributed by atoms with Gasteiger partial charge >= 0.3 is 0 Å². The SMILES string of the molecule is NNc1cc(C(=O)NC2CCCS(=O)(=O)C2)cc(Cl)n1. The predicted molar refractivity (Wildman–Crippen MR) is 76.2 cm³/mol. The summed E-state index contributed by atoms with van der Waals surface area (Å²) in [5.41, 5.74) is 2.59. The van der Waals surface area contributed by atoms with Gasteiger partial charge in [-0.25, -0.2) is 19.2 Å². The molecule has 1 amide bonds. The number of amides is 1. The maximum absolute atomic E-state index is 12.1. The minimum absolute atomic E-state index is 0.0282. The number of nitrogens with one attached hydrogen (secondary N) is 2. The van der Waals surface area contributed by atoms with Crippen molar-refractivity contribution in [3.63, 3.8) is 0 Å². The van der Waals surface area contributed by atoms with Crippen molar-refractivity contribution in [2.24, 2.45) is 5.84 Å². The van der Waals surface area contributed by atoms with Crippen LogP contribution < -0.4 is 16.6 Å². The molecule has 2 rings (SSSR count). The molecule has 7 nitrogen and oxygen atoms in total. The number of nitrogens with two attached hydrogens (primary N) is 1. The highest BCUT2D eigenvalue weighted by Gasteiger charge is 2.26. The van der Waals surface area contributed by atoms with Crippen molar-refractivity contribution in [3.05, 3.63) is 22.8 Å². The molecule has 2 heterocycles. The highest BCUT2D eigenvalue weighted by atomic mass is 35.5. The van der Waals surface area contributed by atoms with E-state index in [4.69, 9.17) is 17.4 Å². The van der Waals surface area contributed by atoms with Gasteiger partial charge in [-0.3, -0.25) is 4.79 Å². The molecule has 1 fully saturated rings. The summed E-state index contributed by atoms with van der Waals surface area (Å²) >= 11 is 5.78. The maximum Gasteiger partial charge on any atom is 0.251 e. The summed E-state index contributed by atoms with van der Waals surface area (Å²) in [7, 11) is -3.07. The van der Waals surface area contributed by atoms with E-state index in [-0.39, 0.29) is 34.1 Å². The van der Waals surface area contributed by atoms with Crippen molar-refractivity contribution in [2.75, 3.05) is 16.9 Å². The van der Waals surface area contributed by atoms with Gasteiger partial charge in [0.15, 0.2) is 9.84 Å². The number of carbonyl (C=O) groups is 1. The first-order valence-electron chi connectivity index (χ1n) is 6.05. The number of aromatic nitrogens is 1. The lowest BCUT2D eigenvalue weighted by Crippen LogP contribution is -2.43. The number of pyridine rings is 1. The molecule has 1 aromatic rings. The summed E-state index contributed by atoms with van der Waals surface area (Å²) in [6.07, 6.45) is 1.20. The first-order valence-corrected chi connectivity index (χ1v) is 8.25. The van der Waals surface area contributed by atoms with Gasteiger partial charge < -0.3 is 10.7 Å². The third-order valence-electron chi connectivity index (χ3n) is 3.00. The minimum atomic E-state index is -3.07. The van der Waals surface area contributed by atoms with Crippen molar-refractivity contribution < 1.29 is 13.2 Å². The van der Waals surface area contributed by atoms with Crippen molar-refractivity contribution in [1.29, 1.82) is 0 Å². The smallest absolute Gasteiger partial charge is 0.251 e. The number of anilines is 1. The first kappa shape index (κ1) is 15.0. The number of hydrazine groups is 1. The maximum atomic E-state index is 12.1. The predicted octanol–water partition coefficient (Wildman–Crippen LogP) is 0.328. The Morgan fingerprint density at radius 3 is 2.85 bits per heavy atom. The molecule has 0 bridgehead atoms. The number of carbonyl (C=O) groups excluding carboxylic acids is 1. The van der Waals surface area contributed by atoms with Crippen molar-refractivity contribution in [1.82, 2.24) is 10.3 Å². The van der Waals surface area contributed by atoms with E-state index in [0.29, 0.717) is 12.8 Å². The van der Waals surface area contributed by atoms with Gasteiger partial charge in [-0.1, -0.05) is 11.6 Å². The molecular weight excluding hydrogens is 304 g/mol. The van der Waals surface area contributed by atoms with E-state index in [2.05, 4.69) is 15.7 Å². The summed E-state index contributed by atoms with van der Waals surface area (Å²) in [6, 6.07) is 2.47. The number of halogens is 1. The lowest BCUT2D eigenvalue weighted by atomic mass is 10.1. The van der Waals surface area contributed by atoms with Crippen LogP contribution in [0.2, 0.25) is 5.15 Å². The molecule has 1 aliphatic heterocycles. The van der Waals surface area contributed by atoms with Gasteiger partial charge in [0, 0.05) is 11.6 Å². The van der Waals surface area contributed by atoms with Crippen LogP contribution in [0.3, 0.4) is 0 Å². The van der Waals surface area contributed by atoms with Gasteiger partial charge in [0.05, 0.1) is 11.5 Å². The van der Waals surface area contributed by atoms with E-state index in [0.717, 1.165) is 0 Å². The average Bonchev–Trinajstić information content (AvgIpc) is 2.36. The third kappa shape index (κ3) is 3.81. The molecule has 0 aromatic carbocycles. The second-order valence-electron chi connectivity index (χ2n) is 4.64. The Morgan fingerprint density at radius 2 is 2.20 bits per heavy atom. The van der Waals surface area contributed by atoms with Crippen LogP contribution in [0.1, 0.15) is 23.2 Å². The van der Waals surface area contributed by atoms with E-state index >= 15 is 0 Å². The molecule has 1 atom stereocenters. The molecule has 20 heavy (non-hydrogen) atoms. The zero-order valence-electron chi connectivity index (χ0n) is 10.6. The lowest BCUT2D eigenvalue weighted by molar-refractivity contribution is 0.0938. The normalized spacial score (nSPS) is 21.2. The number of hydrogen-bond acceptors (Lipinski definition) is 6. The Hall–Kier alpha value is -1.38. The molecule has 1 saturated heterocycles. The quantitative estimate of drug-likeness (QED) is 0.420. The van der Waals surface area contributed by atoms with Crippen molar-refractivity contribution in [2.45, 2.75) is 18.9 Å². The topological polar surface area (TPSA) is 114 Å². The van der Waals surface area contributed by atoms with E-state index < -0.39 is 15.7 Å². The molecule has 0 saturated carbocycles. The summed E-state index contributed by atoms with van der Waals surface area (Å²) < 4.78 is 23.0. The fraction of sp³-hybridized carbons (Fsp3) is 0.455. The number of sulfone groups is 1. The van der Waals surface area contributed by atoms with Gasteiger partial charge in [0.2, 0.25) is 0 Å². The molecule has 4 N–H and O–H groups in total. The Morgan fingerprint density at radius 1 is 1.45 bits per heavy atom. The van der Waals surface area contributed by atoms with Crippen LogP contribution in [0.15, 0.2) is 12.1 Å². The van der Waals surface area contributed by atoms with Crippen LogP contribution in [0.4, 0.5) is 5.82 Å². The summed E-state index contributed by atoms with van der Waals surface area (Å²) in [5, 5.41) is 2.82. The van der Waals surface area contributed by atoms with E-state index in [1.54, 1.807) is 0 Å². The Bertz CT molecular complexity index is 620. The van der Waals surface area contributed by atoms with E-state index in [1.165, 1.54) is 12.1 Å². The number of rotatable bonds is 3. The van der Waals surface area contributed by atoms with Crippen molar-refractivity contribution >= 4 is 33.2 Å². The molecular formula is C11H15ClN4O3S. The zero-order chi connectivity index (χ0) is 14.8. The second kappa shape index (κ2) is 5.94. The van der Waals surface area contributed by atoms with Gasteiger partial charge in [0.25, 0.3) is 5.91 Å². The third-order valence-corrected chi connectivity index (χ3v) is 5.02. The van der Waals surface area contributed by atoms with E-state index in [1.807, 2.05) is 0 Å². The van der Waals surface area contributed by atoms with Crippen LogP contribution in [0.5, 0.6) is 0 Å². The largest absolute Gasteiger partial charge is 0.348 e. The molecule has 1 unspecified atom stereocenters. The number of nitrogens with zero attached hydrogens (tertiary/aromatic N) is 1. The first-order chi connectivity index (χ1) is 9.39. The fourth-order valence-corrected chi connectivity index (χ4v) is 3.95. The van der Waals surface area contributed by atoms with Crippen LogP contribution in [-0.4, -0.2) is 36.9 Å². The standard InChI is InChI=1S/C11H15ClN4O3S/c12-9-4-7(5-10(15-9)16-13)11(17)14-8-2-1-3-20(18,19)6-8/h4-5,8H,1-3,6,13H2,(H,14,17)(H,15,16). The Kier molecular flexibility index (Phi) is 4.46. The average molecular weight is 319 g/mol. The van der Waals surface area contributed by atoms with Gasteiger partial charge in [0.1, 0.15) is 11.0 Å². The number of hydrogen-bond donors (Lipinski definition) is 3. The van der Waals surface area contributed by atoms with Crippen LogP contribution in [0, 0.1) is 0 Å². The highest BCUT2D eigenvalue weighted by molar-refractivity contribution is 7.91. The van der Waals surface area contributed by atoms with Crippen LogP contribution >= 0.6 is 11.6 Å². The lowest BCUT2D eigenvalue weighted by Gasteiger charge is -2.23. The molecule has 9 heteroatoms. The Balaban J connectivity index is 2.10. The zero-order valence-corrected chi connectivity index (χ0v) is 12.2. The second-order valence-corrected chi connectivity index (χ2v) is 7.25. The van der Waals surface area contributed by atoms with Crippen LogP contribution in [0.25, 0.3) is 0 Å². The van der Waals surface area contributed by atoms with Crippen molar-refractivity contribution in [3.8, 4) is 0 Å². The summed E-state index contributed by atoms with van der Waals surface area (Å²) in [4.78, 5) is 15.9. The molecule has 0 spiro atoms. The molecule has 0 aliphatic carbocycles. The molecule has 1 aromatic heterocycles.